The van der Waals surface area contributed by atoms with Gasteiger partial charge in [0.1, 0.15) is 6.10 Å². The van der Waals surface area contributed by atoms with E-state index < -0.39 is 24.5 Å². The van der Waals surface area contributed by atoms with Gasteiger partial charge in [-0.2, -0.15) is 0 Å². The summed E-state index contributed by atoms with van der Waals surface area (Å²) in [4.78, 5) is 10.4. The van der Waals surface area contributed by atoms with Gasteiger partial charge in [-0.1, -0.05) is 32.1 Å². The molecule has 6 nitrogen and oxygen atoms in total. The number of hydrogen-bond acceptors (Lipinski definition) is 5. The van der Waals surface area contributed by atoms with E-state index in [-0.39, 0.29) is 25.0 Å². The summed E-state index contributed by atoms with van der Waals surface area (Å²) in [5, 5.41) is 28.0. The van der Waals surface area contributed by atoms with E-state index >= 15 is 0 Å². The number of unbranched alkanes of at least 4 members (excludes halogenated alkanes) is 5. The number of hydrogen-bond donors (Lipinski definition) is 3. The Bertz CT molecular complexity index is 335. The SMILES string of the molecule is C[C@H](CCCCCCCCC(=O)O)O[C@@H]1O[C@@H](C)[C@H](O)C[C@H]1O. The first-order valence-electron chi connectivity index (χ1n) is 8.79. The van der Waals surface area contributed by atoms with Crippen molar-refractivity contribution in [2.75, 3.05) is 0 Å². The monoisotopic (exact) mass is 332 g/mol. The molecule has 0 radical (unpaired) electrons. The topological polar surface area (TPSA) is 96.2 Å². The van der Waals surface area contributed by atoms with E-state index in [4.69, 9.17) is 14.6 Å². The maximum atomic E-state index is 10.4. The predicted octanol–water partition coefficient (Wildman–Crippen LogP) is 2.45. The van der Waals surface area contributed by atoms with Crippen LogP contribution in [0, 0.1) is 0 Å². The summed E-state index contributed by atoms with van der Waals surface area (Å²) < 4.78 is 11.2. The van der Waals surface area contributed by atoms with Crippen molar-refractivity contribution in [3.63, 3.8) is 0 Å². The van der Waals surface area contributed by atoms with E-state index in [2.05, 4.69) is 0 Å². The van der Waals surface area contributed by atoms with Crippen molar-refractivity contribution in [2.24, 2.45) is 0 Å². The average molecular weight is 332 g/mol. The van der Waals surface area contributed by atoms with Crippen molar-refractivity contribution in [2.45, 2.75) is 102 Å². The summed E-state index contributed by atoms with van der Waals surface area (Å²) >= 11 is 0. The Morgan fingerprint density at radius 2 is 1.74 bits per heavy atom. The molecule has 6 heteroatoms. The largest absolute Gasteiger partial charge is 0.481 e. The van der Waals surface area contributed by atoms with Crippen molar-refractivity contribution >= 4 is 5.97 Å². The van der Waals surface area contributed by atoms with Gasteiger partial charge in [0, 0.05) is 12.8 Å². The Labute approximate surface area is 138 Å². The molecule has 1 heterocycles. The minimum absolute atomic E-state index is 0.00380. The summed E-state index contributed by atoms with van der Waals surface area (Å²) in [5.74, 6) is -0.718. The smallest absolute Gasteiger partial charge is 0.303 e. The number of aliphatic carboxylic acids is 1. The summed E-state index contributed by atoms with van der Waals surface area (Å²) in [6, 6.07) is 0. The molecular formula is C17H32O6. The lowest BCUT2D eigenvalue weighted by molar-refractivity contribution is -0.273. The summed E-state index contributed by atoms with van der Waals surface area (Å²) in [7, 11) is 0. The zero-order chi connectivity index (χ0) is 17.2. The molecular weight excluding hydrogens is 300 g/mol. The lowest BCUT2D eigenvalue weighted by Crippen LogP contribution is -2.48. The molecule has 136 valence electrons. The number of carboxylic acid groups (broad SMARTS) is 1. The second-order valence-corrected chi connectivity index (χ2v) is 6.58. The standard InChI is InChI=1S/C17H32O6/c1-12(9-7-5-3-4-6-8-10-16(20)21)22-17-15(19)11-14(18)13(2)23-17/h12-15,17-19H,3-11H2,1-2H3,(H,20,21)/t12-,13+,14-,15-,17-/m1/s1. The Hall–Kier alpha value is -0.690. The van der Waals surface area contributed by atoms with Gasteiger partial charge in [0.25, 0.3) is 0 Å². The Morgan fingerprint density at radius 1 is 1.13 bits per heavy atom. The molecule has 5 atom stereocenters. The molecule has 0 aromatic heterocycles. The fraction of sp³-hybridized carbons (Fsp3) is 0.941. The van der Waals surface area contributed by atoms with Crippen LogP contribution < -0.4 is 0 Å². The lowest BCUT2D eigenvalue weighted by atomic mass is 10.0. The molecule has 0 unspecified atom stereocenters. The molecule has 1 fully saturated rings. The van der Waals surface area contributed by atoms with Gasteiger partial charge in [-0.3, -0.25) is 4.79 Å². The molecule has 1 rings (SSSR count). The van der Waals surface area contributed by atoms with E-state index in [0.717, 1.165) is 44.9 Å². The Balaban J connectivity index is 2.04. The van der Waals surface area contributed by atoms with Crippen LogP contribution in [0.1, 0.15) is 71.6 Å². The quantitative estimate of drug-likeness (QED) is 0.503. The summed E-state index contributed by atoms with van der Waals surface area (Å²) in [6.45, 7) is 3.75. The number of rotatable bonds is 11. The zero-order valence-electron chi connectivity index (χ0n) is 14.3. The molecule has 0 amide bonds. The molecule has 0 bridgehead atoms. The highest BCUT2D eigenvalue weighted by Crippen LogP contribution is 2.23. The van der Waals surface area contributed by atoms with Gasteiger partial charge >= 0.3 is 5.97 Å². The van der Waals surface area contributed by atoms with Crippen LogP contribution in [0.15, 0.2) is 0 Å². The van der Waals surface area contributed by atoms with Gasteiger partial charge in [-0.25, -0.2) is 0 Å². The van der Waals surface area contributed by atoms with E-state index in [1.807, 2.05) is 6.92 Å². The van der Waals surface area contributed by atoms with Crippen LogP contribution in [0.5, 0.6) is 0 Å². The van der Waals surface area contributed by atoms with Gasteiger partial charge in [-0.05, 0) is 26.7 Å². The van der Waals surface area contributed by atoms with E-state index in [0.29, 0.717) is 0 Å². The van der Waals surface area contributed by atoms with Crippen LogP contribution >= 0.6 is 0 Å². The Kier molecular flexibility index (Phi) is 9.71. The van der Waals surface area contributed by atoms with Crippen molar-refractivity contribution in [3.05, 3.63) is 0 Å². The van der Waals surface area contributed by atoms with Crippen molar-refractivity contribution in [1.82, 2.24) is 0 Å². The molecule has 3 N–H and O–H groups in total. The van der Waals surface area contributed by atoms with E-state index in [9.17, 15) is 15.0 Å². The first-order valence-corrected chi connectivity index (χ1v) is 8.79. The van der Waals surface area contributed by atoms with Gasteiger partial charge in [0.05, 0.1) is 18.3 Å². The van der Waals surface area contributed by atoms with E-state index in [1.54, 1.807) is 6.92 Å². The maximum Gasteiger partial charge on any atom is 0.303 e. The van der Waals surface area contributed by atoms with Crippen LogP contribution in [0.3, 0.4) is 0 Å². The van der Waals surface area contributed by atoms with Crippen molar-refractivity contribution < 1.29 is 29.6 Å². The summed E-state index contributed by atoms with van der Waals surface area (Å²) in [5.41, 5.74) is 0. The predicted molar refractivity (Wildman–Crippen MR) is 86.1 cm³/mol. The molecule has 0 spiro atoms. The highest BCUT2D eigenvalue weighted by Gasteiger charge is 2.35. The second-order valence-electron chi connectivity index (χ2n) is 6.58. The fourth-order valence-electron chi connectivity index (χ4n) is 2.78. The zero-order valence-corrected chi connectivity index (χ0v) is 14.3. The minimum atomic E-state index is -0.780. The third kappa shape index (κ3) is 8.65. The highest BCUT2D eigenvalue weighted by molar-refractivity contribution is 5.66. The molecule has 1 aliphatic rings. The van der Waals surface area contributed by atoms with Crippen molar-refractivity contribution in [3.8, 4) is 0 Å². The normalized spacial score (nSPS) is 29.4. The number of carbonyl (C=O) groups is 1. The van der Waals surface area contributed by atoms with Crippen LogP contribution in [0.4, 0.5) is 0 Å². The third-order valence-corrected chi connectivity index (χ3v) is 4.31. The first kappa shape index (κ1) is 20.4. The van der Waals surface area contributed by atoms with Crippen molar-refractivity contribution in [1.29, 1.82) is 0 Å². The third-order valence-electron chi connectivity index (χ3n) is 4.31. The second kappa shape index (κ2) is 11.0. The van der Waals surface area contributed by atoms with Crippen LogP contribution in [0.2, 0.25) is 0 Å². The maximum absolute atomic E-state index is 10.4. The lowest BCUT2D eigenvalue weighted by Gasteiger charge is -2.36. The number of aliphatic hydroxyl groups excluding tert-OH is 2. The molecule has 23 heavy (non-hydrogen) atoms. The molecule has 0 aliphatic carbocycles. The average Bonchev–Trinajstić information content (AvgIpc) is 2.47. The van der Waals surface area contributed by atoms with Crippen LogP contribution in [-0.2, 0) is 14.3 Å². The van der Waals surface area contributed by atoms with Gasteiger partial charge in [-0.15, -0.1) is 0 Å². The van der Waals surface area contributed by atoms with Gasteiger partial charge in [0.15, 0.2) is 6.29 Å². The van der Waals surface area contributed by atoms with Crippen LogP contribution in [0.25, 0.3) is 0 Å². The minimum Gasteiger partial charge on any atom is -0.481 e. The van der Waals surface area contributed by atoms with E-state index in [1.165, 1.54) is 0 Å². The fourth-order valence-corrected chi connectivity index (χ4v) is 2.78. The Morgan fingerprint density at radius 3 is 2.39 bits per heavy atom. The molecule has 0 aromatic carbocycles. The molecule has 1 saturated heterocycles. The first-order chi connectivity index (χ1) is 10.9. The number of aliphatic hydroxyl groups is 2. The summed E-state index contributed by atoms with van der Waals surface area (Å²) in [6.07, 6.45) is 5.13. The molecule has 1 aliphatic heterocycles. The number of ether oxygens (including phenoxy) is 2. The van der Waals surface area contributed by atoms with Crippen LogP contribution in [-0.4, -0.2) is 52.0 Å². The molecule has 0 aromatic rings. The number of carboxylic acids is 1. The highest BCUT2D eigenvalue weighted by atomic mass is 16.7. The molecule has 0 saturated carbocycles. The van der Waals surface area contributed by atoms with Gasteiger partial charge in [0.2, 0.25) is 0 Å². The van der Waals surface area contributed by atoms with Gasteiger partial charge < -0.3 is 24.8 Å².